The summed E-state index contributed by atoms with van der Waals surface area (Å²) in [6.07, 6.45) is 15.8. The van der Waals surface area contributed by atoms with Crippen LogP contribution in [0.1, 0.15) is 96.8 Å². The van der Waals surface area contributed by atoms with Crippen LogP contribution in [0, 0.1) is 0 Å². The summed E-state index contributed by atoms with van der Waals surface area (Å²) in [5.41, 5.74) is 0. The Kier molecular flexibility index (Phi) is 14.4. The molecule has 0 heterocycles. The van der Waals surface area contributed by atoms with Crippen molar-refractivity contribution in [1.29, 1.82) is 0 Å². The second-order valence-corrected chi connectivity index (χ2v) is 5.89. The van der Waals surface area contributed by atoms with Crippen molar-refractivity contribution in [3.8, 4) is 0 Å². The number of aliphatic carboxylic acids is 1. The first-order valence-corrected chi connectivity index (χ1v) is 8.59. The van der Waals surface area contributed by atoms with Gasteiger partial charge in [0.15, 0.2) is 6.10 Å². The number of aliphatic hydroxyl groups is 1. The molecular formula is C17H34O3. The highest BCUT2D eigenvalue weighted by atomic mass is 16.4. The highest BCUT2D eigenvalue weighted by molar-refractivity contribution is 5.71. The molecule has 0 saturated heterocycles. The summed E-state index contributed by atoms with van der Waals surface area (Å²) >= 11 is 0. The first-order chi connectivity index (χ1) is 9.68. The second kappa shape index (κ2) is 14.8. The van der Waals surface area contributed by atoms with Gasteiger partial charge in [-0.15, -0.1) is 0 Å². The number of rotatable bonds is 15. The van der Waals surface area contributed by atoms with Gasteiger partial charge >= 0.3 is 5.97 Å². The van der Waals surface area contributed by atoms with E-state index in [4.69, 9.17) is 10.2 Å². The minimum Gasteiger partial charge on any atom is -0.479 e. The highest BCUT2D eigenvalue weighted by Gasteiger charge is 2.11. The van der Waals surface area contributed by atoms with Crippen molar-refractivity contribution in [2.75, 3.05) is 0 Å². The number of carbonyl (C=O) groups is 1. The van der Waals surface area contributed by atoms with Crippen LogP contribution in [-0.2, 0) is 4.79 Å². The molecule has 0 amide bonds. The summed E-state index contributed by atoms with van der Waals surface area (Å²) in [4.78, 5) is 10.4. The smallest absolute Gasteiger partial charge is 0.332 e. The third-order valence-corrected chi connectivity index (χ3v) is 3.87. The molecule has 0 fully saturated rings. The van der Waals surface area contributed by atoms with E-state index in [1.807, 2.05) is 0 Å². The van der Waals surface area contributed by atoms with Crippen LogP contribution >= 0.6 is 0 Å². The maximum atomic E-state index is 10.4. The van der Waals surface area contributed by atoms with Crippen molar-refractivity contribution in [2.45, 2.75) is 103 Å². The molecule has 0 aromatic rings. The van der Waals surface area contributed by atoms with E-state index in [9.17, 15) is 4.79 Å². The summed E-state index contributed by atoms with van der Waals surface area (Å²) in [6, 6.07) is 0. The third kappa shape index (κ3) is 13.9. The summed E-state index contributed by atoms with van der Waals surface area (Å²) < 4.78 is 0. The summed E-state index contributed by atoms with van der Waals surface area (Å²) in [5, 5.41) is 17.6. The molecule has 0 aromatic carbocycles. The van der Waals surface area contributed by atoms with E-state index >= 15 is 0 Å². The van der Waals surface area contributed by atoms with Crippen molar-refractivity contribution >= 4 is 5.97 Å². The Morgan fingerprint density at radius 2 is 1.10 bits per heavy atom. The Labute approximate surface area is 124 Å². The van der Waals surface area contributed by atoms with Gasteiger partial charge in [-0.3, -0.25) is 0 Å². The minimum absolute atomic E-state index is 0.396. The van der Waals surface area contributed by atoms with Crippen LogP contribution in [0.25, 0.3) is 0 Å². The zero-order chi connectivity index (χ0) is 15.1. The van der Waals surface area contributed by atoms with Crippen LogP contribution in [-0.4, -0.2) is 22.3 Å². The zero-order valence-electron chi connectivity index (χ0n) is 13.3. The number of carboxylic acids is 1. The zero-order valence-corrected chi connectivity index (χ0v) is 13.3. The molecule has 0 aliphatic carbocycles. The summed E-state index contributed by atoms with van der Waals surface area (Å²) in [6.45, 7) is 2.25. The quantitative estimate of drug-likeness (QED) is 0.420. The molecule has 0 unspecified atom stereocenters. The SMILES string of the molecule is CCCCCCCCCCCCCCC[C@@H](O)C(=O)O. The molecule has 0 radical (unpaired) electrons. The van der Waals surface area contributed by atoms with Crippen molar-refractivity contribution in [3.05, 3.63) is 0 Å². The largest absolute Gasteiger partial charge is 0.479 e. The van der Waals surface area contributed by atoms with E-state index in [0.29, 0.717) is 6.42 Å². The fourth-order valence-corrected chi connectivity index (χ4v) is 2.48. The van der Waals surface area contributed by atoms with Crippen LogP contribution < -0.4 is 0 Å². The van der Waals surface area contributed by atoms with Gasteiger partial charge in [0, 0.05) is 0 Å². The number of unbranched alkanes of at least 4 members (excludes halogenated alkanes) is 12. The average molecular weight is 286 g/mol. The molecule has 3 heteroatoms. The lowest BCUT2D eigenvalue weighted by Gasteiger charge is -2.05. The number of carboxylic acid groups (broad SMARTS) is 1. The molecule has 0 aromatic heterocycles. The molecule has 0 aliphatic heterocycles. The van der Waals surface area contributed by atoms with E-state index in [-0.39, 0.29) is 0 Å². The van der Waals surface area contributed by atoms with Crippen LogP contribution in [0.15, 0.2) is 0 Å². The highest BCUT2D eigenvalue weighted by Crippen LogP contribution is 2.13. The maximum absolute atomic E-state index is 10.4. The Hall–Kier alpha value is -0.570. The Morgan fingerprint density at radius 1 is 0.750 bits per heavy atom. The van der Waals surface area contributed by atoms with E-state index in [1.165, 1.54) is 70.6 Å². The van der Waals surface area contributed by atoms with Gasteiger partial charge in [0.05, 0.1) is 0 Å². The van der Waals surface area contributed by atoms with Crippen molar-refractivity contribution < 1.29 is 15.0 Å². The standard InChI is InChI=1S/C17H34O3/c1-2-3-4-5-6-7-8-9-10-11-12-13-14-15-16(18)17(19)20/h16,18H,2-15H2,1H3,(H,19,20)/t16-/m1/s1. The van der Waals surface area contributed by atoms with Gasteiger partial charge in [0.1, 0.15) is 0 Å². The minimum atomic E-state index is -1.16. The fourth-order valence-electron chi connectivity index (χ4n) is 2.48. The number of aliphatic hydroxyl groups excluding tert-OH is 1. The van der Waals surface area contributed by atoms with Crippen molar-refractivity contribution in [1.82, 2.24) is 0 Å². The molecule has 0 rings (SSSR count). The van der Waals surface area contributed by atoms with E-state index in [0.717, 1.165) is 12.8 Å². The normalized spacial score (nSPS) is 12.5. The van der Waals surface area contributed by atoms with Crippen molar-refractivity contribution in [3.63, 3.8) is 0 Å². The van der Waals surface area contributed by atoms with Gasteiger partial charge in [-0.05, 0) is 6.42 Å². The second-order valence-electron chi connectivity index (χ2n) is 5.89. The predicted molar refractivity (Wildman–Crippen MR) is 84.0 cm³/mol. The van der Waals surface area contributed by atoms with Crippen LogP contribution in [0.5, 0.6) is 0 Å². The summed E-state index contributed by atoms with van der Waals surface area (Å²) in [5.74, 6) is -1.09. The lowest BCUT2D eigenvalue weighted by molar-refractivity contribution is -0.146. The molecule has 0 saturated carbocycles. The molecule has 0 aliphatic rings. The topological polar surface area (TPSA) is 57.5 Å². The third-order valence-electron chi connectivity index (χ3n) is 3.87. The molecule has 0 spiro atoms. The Bertz CT molecular complexity index is 216. The van der Waals surface area contributed by atoms with Gasteiger partial charge < -0.3 is 10.2 Å². The first-order valence-electron chi connectivity index (χ1n) is 8.59. The molecule has 20 heavy (non-hydrogen) atoms. The molecular weight excluding hydrogens is 252 g/mol. The Balaban J connectivity index is 3.04. The summed E-state index contributed by atoms with van der Waals surface area (Å²) in [7, 11) is 0. The van der Waals surface area contributed by atoms with Crippen LogP contribution in [0.3, 0.4) is 0 Å². The van der Waals surface area contributed by atoms with Gasteiger partial charge in [0.2, 0.25) is 0 Å². The predicted octanol–water partition coefficient (Wildman–Crippen LogP) is 4.91. The number of hydrogen-bond acceptors (Lipinski definition) is 2. The number of hydrogen-bond donors (Lipinski definition) is 2. The monoisotopic (exact) mass is 286 g/mol. The molecule has 2 N–H and O–H groups in total. The van der Waals surface area contributed by atoms with Gasteiger partial charge in [-0.2, -0.15) is 0 Å². The lowest BCUT2D eigenvalue weighted by Crippen LogP contribution is -2.18. The Morgan fingerprint density at radius 3 is 1.45 bits per heavy atom. The molecule has 1 atom stereocenters. The average Bonchev–Trinajstić information content (AvgIpc) is 2.43. The van der Waals surface area contributed by atoms with Gasteiger partial charge in [-0.25, -0.2) is 4.79 Å². The van der Waals surface area contributed by atoms with E-state index < -0.39 is 12.1 Å². The van der Waals surface area contributed by atoms with Gasteiger partial charge in [0.25, 0.3) is 0 Å². The molecule has 3 nitrogen and oxygen atoms in total. The van der Waals surface area contributed by atoms with Crippen molar-refractivity contribution in [2.24, 2.45) is 0 Å². The lowest BCUT2D eigenvalue weighted by atomic mass is 10.0. The van der Waals surface area contributed by atoms with Crippen LogP contribution in [0.2, 0.25) is 0 Å². The molecule has 0 bridgehead atoms. The van der Waals surface area contributed by atoms with Crippen LogP contribution in [0.4, 0.5) is 0 Å². The maximum Gasteiger partial charge on any atom is 0.332 e. The first kappa shape index (κ1) is 19.4. The molecule has 120 valence electrons. The van der Waals surface area contributed by atoms with Gasteiger partial charge in [-0.1, -0.05) is 90.4 Å². The fraction of sp³-hybridized carbons (Fsp3) is 0.941. The van der Waals surface area contributed by atoms with E-state index in [2.05, 4.69) is 6.92 Å². The van der Waals surface area contributed by atoms with E-state index in [1.54, 1.807) is 0 Å².